The van der Waals surface area contributed by atoms with Crippen molar-refractivity contribution in [3.05, 3.63) is 18.2 Å². The highest BCUT2D eigenvalue weighted by Crippen LogP contribution is 2.02. The molecule has 1 rings (SSSR count). The Bertz CT molecular complexity index is 263. The molecule has 1 aromatic rings. The molecule has 0 aromatic carbocycles. The third-order valence-corrected chi connectivity index (χ3v) is 2.68. The Balaban J connectivity index is 2.57. The van der Waals surface area contributed by atoms with E-state index in [1.165, 1.54) is 37.9 Å². The van der Waals surface area contributed by atoms with E-state index in [1.54, 1.807) is 0 Å². The van der Waals surface area contributed by atoms with Gasteiger partial charge in [0.25, 0.3) is 5.82 Å². The number of unbranched alkanes of at least 4 members (excludes halogenated alkanes) is 2. The van der Waals surface area contributed by atoms with Crippen LogP contribution in [0.15, 0.2) is 12.4 Å². The standard InChI is InChI=1S/C12H23N2/c1-4-6-7-8-12-13(3)10-11-14(12)9-5-2/h10-11H,4-9H2,1-3H3/q+1. The number of hydrogen-bond acceptors (Lipinski definition) is 0. The average Bonchev–Trinajstić information content (AvgIpc) is 2.50. The van der Waals surface area contributed by atoms with Crippen LogP contribution >= 0.6 is 0 Å². The second kappa shape index (κ2) is 5.84. The van der Waals surface area contributed by atoms with E-state index in [9.17, 15) is 0 Å². The van der Waals surface area contributed by atoms with Gasteiger partial charge in [0.2, 0.25) is 0 Å². The molecule has 0 spiro atoms. The summed E-state index contributed by atoms with van der Waals surface area (Å²) in [5, 5.41) is 0. The second-order valence-corrected chi connectivity index (χ2v) is 3.98. The van der Waals surface area contributed by atoms with Crippen molar-refractivity contribution in [2.75, 3.05) is 0 Å². The zero-order valence-corrected chi connectivity index (χ0v) is 9.79. The normalized spacial score (nSPS) is 10.8. The minimum Gasteiger partial charge on any atom is -0.237 e. The number of aryl methyl sites for hydroxylation is 2. The van der Waals surface area contributed by atoms with Crippen LogP contribution in [0.3, 0.4) is 0 Å². The molecule has 1 heterocycles. The highest BCUT2D eigenvalue weighted by atomic mass is 15.1. The Hall–Kier alpha value is -0.790. The minimum absolute atomic E-state index is 1.16. The fourth-order valence-corrected chi connectivity index (χ4v) is 1.85. The molecule has 0 aliphatic rings. The van der Waals surface area contributed by atoms with Crippen LogP contribution < -0.4 is 4.57 Å². The van der Waals surface area contributed by atoms with Crippen molar-refractivity contribution in [3.8, 4) is 0 Å². The van der Waals surface area contributed by atoms with Gasteiger partial charge in [0, 0.05) is 6.42 Å². The molecular weight excluding hydrogens is 172 g/mol. The third-order valence-electron chi connectivity index (χ3n) is 2.68. The van der Waals surface area contributed by atoms with Gasteiger partial charge in [-0.1, -0.05) is 26.7 Å². The predicted octanol–water partition coefficient (Wildman–Crippen LogP) is 2.46. The fraction of sp³-hybridized carbons (Fsp3) is 0.750. The molecule has 0 aliphatic heterocycles. The molecule has 14 heavy (non-hydrogen) atoms. The number of imidazole rings is 1. The highest BCUT2D eigenvalue weighted by molar-refractivity contribution is 4.82. The van der Waals surface area contributed by atoms with E-state index >= 15 is 0 Å². The predicted molar refractivity (Wildman–Crippen MR) is 59.1 cm³/mol. The molecule has 0 N–H and O–H groups in total. The first kappa shape index (κ1) is 11.3. The SMILES string of the molecule is CCCCCc1n(C)cc[n+]1CCC. The average molecular weight is 195 g/mol. The molecule has 0 radical (unpaired) electrons. The van der Waals surface area contributed by atoms with Gasteiger partial charge in [0.15, 0.2) is 0 Å². The summed E-state index contributed by atoms with van der Waals surface area (Å²) in [6, 6.07) is 0. The summed E-state index contributed by atoms with van der Waals surface area (Å²) in [6.45, 7) is 5.64. The summed E-state index contributed by atoms with van der Waals surface area (Å²) < 4.78 is 4.64. The fourth-order valence-electron chi connectivity index (χ4n) is 1.85. The lowest BCUT2D eigenvalue weighted by molar-refractivity contribution is -0.703. The summed E-state index contributed by atoms with van der Waals surface area (Å²) in [5.74, 6) is 1.47. The molecule has 0 unspecified atom stereocenters. The Labute approximate surface area is 87.6 Å². The van der Waals surface area contributed by atoms with E-state index in [0.29, 0.717) is 0 Å². The Kier molecular flexibility index (Phi) is 4.71. The minimum atomic E-state index is 1.16. The summed E-state index contributed by atoms with van der Waals surface area (Å²) in [6.07, 6.45) is 10.8. The lowest BCUT2D eigenvalue weighted by atomic mass is 10.2. The van der Waals surface area contributed by atoms with Crippen LogP contribution in [-0.2, 0) is 20.0 Å². The Morgan fingerprint density at radius 1 is 1.21 bits per heavy atom. The van der Waals surface area contributed by atoms with Crippen LogP contribution in [0, 0.1) is 0 Å². The molecule has 0 aliphatic carbocycles. The van der Waals surface area contributed by atoms with Gasteiger partial charge in [-0.15, -0.1) is 0 Å². The van der Waals surface area contributed by atoms with Crippen molar-refractivity contribution >= 4 is 0 Å². The van der Waals surface area contributed by atoms with E-state index in [0.717, 1.165) is 6.54 Å². The van der Waals surface area contributed by atoms with Gasteiger partial charge < -0.3 is 0 Å². The van der Waals surface area contributed by atoms with Crippen LogP contribution in [0.2, 0.25) is 0 Å². The van der Waals surface area contributed by atoms with E-state index < -0.39 is 0 Å². The first-order chi connectivity index (χ1) is 6.79. The summed E-state index contributed by atoms with van der Waals surface area (Å²) in [5.41, 5.74) is 0. The molecular formula is C12H23N2+. The maximum atomic E-state index is 2.38. The monoisotopic (exact) mass is 195 g/mol. The zero-order valence-electron chi connectivity index (χ0n) is 9.79. The highest BCUT2D eigenvalue weighted by Gasteiger charge is 2.12. The Morgan fingerprint density at radius 3 is 2.64 bits per heavy atom. The number of aromatic nitrogens is 2. The maximum absolute atomic E-state index is 2.38. The number of rotatable bonds is 6. The van der Waals surface area contributed by atoms with E-state index in [1.807, 2.05) is 0 Å². The lowest BCUT2D eigenvalue weighted by Crippen LogP contribution is -2.36. The molecule has 0 saturated carbocycles. The van der Waals surface area contributed by atoms with Gasteiger partial charge in [-0.3, -0.25) is 0 Å². The molecule has 0 saturated heterocycles. The molecule has 2 heteroatoms. The Morgan fingerprint density at radius 2 is 2.00 bits per heavy atom. The molecule has 0 fully saturated rings. The molecule has 80 valence electrons. The van der Waals surface area contributed by atoms with Crippen molar-refractivity contribution in [3.63, 3.8) is 0 Å². The van der Waals surface area contributed by atoms with E-state index in [4.69, 9.17) is 0 Å². The molecule has 1 aromatic heterocycles. The van der Waals surface area contributed by atoms with Crippen LogP contribution in [-0.4, -0.2) is 4.57 Å². The summed E-state index contributed by atoms with van der Waals surface area (Å²) in [4.78, 5) is 0. The largest absolute Gasteiger partial charge is 0.256 e. The van der Waals surface area contributed by atoms with Gasteiger partial charge in [0.1, 0.15) is 12.4 Å². The maximum Gasteiger partial charge on any atom is 0.256 e. The van der Waals surface area contributed by atoms with Crippen LogP contribution in [0.4, 0.5) is 0 Å². The lowest BCUT2D eigenvalue weighted by Gasteiger charge is -2.00. The van der Waals surface area contributed by atoms with Crippen molar-refractivity contribution in [1.82, 2.24) is 4.57 Å². The van der Waals surface area contributed by atoms with Gasteiger partial charge >= 0.3 is 0 Å². The van der Waals surface area contributed by atoms with E-state index in [2.05, 4.69) is 42.4 Å². The molecule has 0 amide bonds. The van der Waals surface area contributed by atoms with Crippen LogP contribution in [0.5, 0.6) is 0 Å². The van der Waals surface area contributed by atoms with Gasteiger partial charge in [-0.25, -0.2) is 9.13 Å². The quantitative estimate of drug-likeness (QED) is 0.487. The van der Waals surface area contributed by atoms with Gasteiger partial charge in [0.05, 0.1) is 13.6 Å². The van der Waals surface area contributed by atoms with Crippen molar-refractivity contribution in [2.45, 2.75) is 52.5 Å². The molecule has 0 bridgehead atoms. The van der Waals surface area contributed by atoms with Crippen molar-refractivity contribution in [1.29, 1.82) is 0 Å². The zero-order chi connectivity index (χ0) is 10.4. The third kappa shape index (κ3) is 2.86. The van der Waals surface area contributed by atoms with Crippen LogP contribution in [0.1, 0.15) is 45.4 Å². The summed E-state index contributed by atoms with van der Waals surface area (Å²) in [7, 11) is 2.15. The van der Waals surface area contributed by atoms with E-state index in [-0.39, 0.29) is 0 Å². The molecule has 2 nitrogen and oxygen atoms in total. The van der Waals surface area contributed by atoms with Crippen molar-refractivity contribution in [2.24, 2.45) is 7.05 Å². The van der Waals surface area contributed by atoms with Crippen LogP contribution in [0.25, 0.3) is 0 Å². The number of nitrogens with zero attached hydrogens (tertiary/aromatic N) is 2. The second-order valence-electron chi connectivity index (χ2n) is 3.98. The van der Waals surface area contributed by atoms with Crippen molar-refractivity contribution < 1.29 is 4.57 Å². The smallest absolute Gasteiger partial charge is 0.237 e. The number of hydrogen-bond donors (Lipinski definition) is 0. The first-order valence-electron chi connectivity index (χ1n) is 5.83. The first-order valence-corrected chi connectivity index (χ1v) is 5.83. The summed E-state index contributed by atoms with van der Waals surface area (Å²) >= 11 is 0. The topological polar surface area (TPSA) is 8.81 Å². The van der Waals surface area contributed by atoms with Gasteiger partial charge in [-0.2, -0.15) is 0 Å². The molecule has 0 atom stereocenters. The van der Waals surface area contributed by atoms with Gasteiger partial charge in [-0.05, 0) is 12.8 Å².